The predicted molar refractivity (Wildman–Crippen MR) is 71.8 cm³/mol. The normalized spacial score (nSPS) is 11.8. The van der Waals surface area contributed by atoms with Crippen molar-refractivity contribution in [2.75, 3.05) is 6.61 Å². The van der Waals surface area contributed by atoms with Crippen LogP contribution in [0.2, 0.25) is 0 Å². The van der Waals surface area contributed by atoms with Crippen LogP contribution < -0.4 is 0 Å². The zero-order valence-electron chi connectivity index (χ0n) is 10.8. The van der Waals surface area contributed by atoms with Crippen LogP contribution in [-0.2, 0) is 4.74 Å². The highest BCUT2D eigenvalue weighted by molar-refractivity contribution is 5.89. The van der Waals surface area contributed by atoms with E-state index < -0.39 is 0 Å². The number of carbonyl (C=O) groups excluding carboxylic acids is 1. The van der Waals surface area contributed by atoms with Gasteiger partial charge in [0.15, 0.2) is 0 Å². The molecule has 0 saturated heterocycles. The second-order valence-corrected chi connectivity index (χ2v) is 4.30. The maximum absolute atomic E-state index is 11.7. The molecule has 0 radical (unpaired) electrons. The molecule has 0 amide bonds. The van der Waals surface area contributed by atoms with E-state index in [1.807, 2.05) is 25.1 Å². The molecule has 0 spiro atoms. The summed E-state index contributed by atoms with van der Waals surface area (Å²) in [5.41, 5.74) is 0.575. The van der Waals surface area contributed by atoms with Gasteiger partial charge in [-0.15, -0.1) is 0 Å². The van der Waals surface area contributed by atoms with Gasteiger partial charge in [-0.05, 0) is 24.6 Å². The van der Waals surface area contributed by atoms with Gasteiger partial charge in [0.25, 0.3) is 0 Å². The number of esters is 1. The molecule has 2 aromatic rings. The van der Waals surface area contributed by atoms with Gasteiger partial charge in [0, 0.05) is 18.3 Å². The summed E-state index contributed by atoms with van der Waals surface area (Å²) in [6.45, 7) is 2.39. The van der Waals surface area contributed by atoms with Gasteiger partial charge in [-0.3, -0.25) is 0 Å². The molecule has 98 valence electrons. The smallest absolute Gasteiger partial charge is 0.338 e. The Hall–Kier alpha value is -2.23. The lowest BCUT2D eigenvalue weighted by Gasteiger charge is -2.10. The van der Waals surface area contributed by atoms with Crippen LogP contribution in [0.4, 0.5) is 0 Å². The second kappa shape index (κ2) is 6.64. The lowest BCUT2D eigenvalue weighted by Crippen LogP contribution is -2.09. The fraction of sp³-hybridized carbons (Fsp3) is 0.267. The SMILES string of the molecule is CC(CCOC(=O)c1ccccc1)c1ncccn1. The molecule has 0 saturated carbocycles. The number of benzene rings is 1. The molecule has 0 bridgehead atoms. The lowest BCUT2D eigenvalue weighted by atomic mass is 10.1. The first-order chi connectivity index (χ1) is 9.27. The first-order valence-corrected chi connectivity index (χ1v) is 6.26. The summed E-state index contributed by atoms with van der Waals surface area (Å²) < 4.78 is 5.23. The van der Waals surface area contributed by atoms with E-state index in [1.165, 1.54) is 0 Å². The maximum Gasteiger partial charge on any atom is 0.338 e. The molecule has 0 aliphatic heterocycles. The van der Waals surface area contributed by atoms with Gasteiger partial charge in [0.05, 0.1) is 12.2 Å². The summed E-state index contributed by atoms with van der Waals surface area (Å²) in [7, 11) is 0. The number of rotatable bonds is 5. The van der Waals surface area contributed by atoms with Gasteiger partial charge in [-0.2, -0.15) is 0 Å². The Morgan fingerprint density at radius 1 is 1.16 bits per heavy atom. The van der Waals surface area contributed by atoms with Crippen molar-refractivity contribution in [1.82, 2.24) is 9.97 Å². The Morgan fingerprint density at radius 3 is 2.53 bits per heavy atom. The molecule has 1 heterocycles. The Kier molecular flexibility index (Phi) is 4.61. The van der Waals surface area contributed by atoms with E-state index in [1.54, 1.807) is 30.6 Å². The molecule has 1 aromatic carbocycles. The summed E-state index contributed by atoms with van der Waals surface area (Å²) in [4.78, 5) is 20.1. The third-order valence-corrected chi connectivity index (χ3v) is 2.82. The molecule has 0 fully saturated rings. The molecule has 2 rings (SSSR count). The quantitative estimate of drug-likeness (QED) is 0.772. The summed E-state index contributed by atoms with van der Waals surface area (Å²) in [5.74, 6) is 0.657. The zero-order chi connectivity index (χ0) is 13.5. The van der Waals surface area contributed by atoms with E-state index in [4.69, 9.17) is 4.74 Å². The van der Waals surface area contributed by atoms with Crippen LogP contribution in [0.3, 0.4) is 0 Å². The summed E-state index contributed by atoms with van der Waals surface area (Å²) in [6, 6.07) is 10.8. The monoisotopic (exact) mass is 256 g/mol. The standard InChI is InChI=1S/C15H16N2O2/c1-12(14-16-9-5-10-17-14)8-11-19-15(18)13-6-3-2-4-7-13/h2-7,9-10,12H,8,11H2,1H3. The summed E-state index contributed by atoms with van der Waals surface area (Å²) >= 11 is 0. The molecule has 1 unspecified atom stereocenters. The third kappa shape index (κ3) is 3.88. The van der Waals surface area contributed by atoms with Crippen LogP contribution in [0.1, 0.15) is 35.4 Å². The van der Waals surface area contributed by atoms with Gasteiger partial charge in [-0.1, -0.05) is 25.1 Å². The van der Waals surface area contributed by atoms with Crippen LogP contribution >= 0.6 is 0 Å². The van der Waals surface area contributed by atoms with Crippen LogP contribution in [0.25, 0.3) is 0 Å². The number of hydrogen-bond acceptors (Lipinski definition) is 4. The Balaban J connectivity index is 1.79. The average Bonchev–Trinajstić information content (AvgIpc) is 2.49. The number of aromatic nitrogens is 2. The van der Waals surface area contributed by atoms with Crippen molar-refractivity contribution >= 4 is 5.97 Å². The number of ether oxygens (including phenoxy) is 1. The lowest BCUT2D eigenvalue weighted by molar-refractivity contribution is 0.0494. The molecule has 0 aliphatic carbocycles. The van der Waals surface area contributed by atoms with Crippen molar-refractivity contribution in [1.29, 1.82) is 0 Å². The summed E-state index contributed by atoms with van der Waals surface area (Å²) in [6.07, 6.45) is 4.15. The number of carbonyl (C=O) groups is 1. The minimum Gasteiger partial charge on any atom is -0.462 e. The molecule has 4 nitrogen and oxygen atoms in total. The molecule has 19 heavy (non-hydrogen) atoms. The second-order valence-electron chi connectivity index (χ2n) is 4.30. The van der Waals surface area contributed by atoms with Crippen molar-refractivity contribution < 1.29 is 9.53 Å². The van der Waals surface area contributed by atoms with Gasteiger partial charge >= 0.3 is 5.97 Å². The minimum absolute atomic E-state index is 0.171. The number of nitrogens with zero attached hydrogens (tertiary/aromatic N) is 2. The highest BCUT2D eigenvalue weighted by atomic mass is 16.5. The van der Waals surface area contributed by atoms with E-state index in [0.717, 1.165) is 5.82 Å². The molecule has 1 atom stereocenters. The molecule has 0 aliphatic rings. The van der Waals surface area contributed by atoms with Gasteiger partial charge in [-0.25, -0.2) is 14.8 Å². The first-order valence-electron chi connectivity index (χ1n) is 6.26. The van der Waals surface area contributed by atoms with Crippen molar-refractivity contribution in [3.8, 4) is 0 Å². The van der Waals surface area contributed by atoms with Crippen molar-refractivity contribution in [3.63, 3.8) is 0 Å². The van der Waals surface area contributed by atoms with Crippen molar-refractivity contribution in [2.24, 2.45) is 0 Å². The maximum atomic E-state index is 11.7. The fourth-order valence-corrected chi connectivity index (χ4v) is 1.68. The van der Waals surface area contributed by atoms with Gasteiger partial charge in [0.2, 0.25) is 0 Å². The van der Waals surface area contributed by atoms with Crippen LogP contribution in [-0.4, -0.2) is 22.5 Å². The van der Waals surface area contributed by atoms with Crippen LogP contribution in [0.5, 0.6) is 0 Å². The highest BCUT2D eigenvalue weighted by Gasteiger charge is 2.10. The molecule has 4 heteroatoms. The van der Waals surface area contributed by atoms with Gasteiger partial charge in [0.1, 0.15) is 5.82 Å². The first kappa shape index (κ1) is 13.2. The molecule has 0 N–H and O–H groups in total. The topological polar surface area (TPSA) is 52.1 Å². The zero-order valence-corrected chi connectivity index (χ0v) is 10.8. The van der Waals surface area contributed by atoms with Crippen LogP contribution in [0.15, 0.2) is 48.8 Å². The molecular formula is C15H16N2O2. The van der Waals surface area contributed by atoms with Crippen LogP contribution in [0, 0.1) is 0 Å². The Bertz CT molecular complexity index is 514. The van der Waals surface area contributed by atoms with E-state index in [-0.39, 0.29) is 11.9 Å². The van der Waals surface area contributed by atoms with E-state index in [2.05, 4.69) is 9.97 Å². The van der Waals surface area contributed by atoms with E-state index in [0.29, 0.717) is 18.6 Å². The Morgan fingerprint density at radius 2 is 1.84 bits per heavy atom. The highest BCUT2D eigenvalue weighted by Crippen LogP contribution is 2.14. The Labute approximate surface area is 112 Å². The molecule has 1 aromatic heterocycles. The average molecular weight is 256 g/mol. The third-order valence-electron chi connectivity index (χ3n) is 2.82. The summed E-state index contributed by atoms with van der Waals surface area (Å²) in [5, 5.41) is 0. The largest absolute Gasteiger partial charge is 0.462 e. The van der Waals surface area contributed by atoms with Gasteiger partial charge < -0.3 is 4.74 Å². The minimum atomic E-state index is -0.290. The van der Waals surface area contributed by atoms with E-state index in [9.17, 15) is 4.79 Å². The fourth-order valence-electron chi connectivity index (χ4n) is 1.68. The number of hydrogen-bond donors (Lipinski definition) is 0. The van der Waals surface area contributed by atoms with Crippen molar-refractivity contribution in [2.45, 2.75) is 19.3 Å². The predicted octanol–water partition coefficient (Wildman–Crippen LogP) is 2.83. The molecular weight excluding hydrogens is 240 g/mol. The van der Waals surface area contributed by atoms with Crippen molar-refractivity contribution in [3.05, 3.63) is 60.2 Å². The van der Waals surface area contributed by atoms with E-state index >= 15 is 0 Å².